The molecular weight excluding hydrogens is 252 g/mol. The predicted octanol–water partition coefficient (Wildman–Crippen LogP) is 3.38. The first-order chi connectivity index (χ1) is 8.39. The van der Waals surface area contributed by atoms with Gasteiger partial charge in [-0.05, 0) is 12.0 Å². The lowest BCUT2D eigenvalue weighted by Crippen LogP contribution is -2.25. The van der Waals surface area contributed by atoms with E-state index in [1.807, 2.05) is 0 Å². The number of alkyl halides is 3. The minimum atomic E-state index is -5.14. The molecule has 0 amide bonds. The van der Waals surface area contributed by atoms with E-state index >= 15 is 0 Å². The van der Waals surface area contributed by atoms with Gasteiger partial charge in [0.15, 0.2) is 5.76 Å². The van der Waals surface area contributed by atoms with E-state index in [-0.39, 0.29) is 12.0 Å². The first-order valence-electron chi connectivity index (χ1n) is 5.15. The smallest absolute Gasteiger partial charge is 0.416 e. The Labute approximate surface area is 99.9 Å². The topological polar surface area (TPSA) is 26.3 Å². The number of carbonyl (C=O) groups excluding carboxylic acids is 1. The van der Waals surface area contributed by atoms with Crippen LogP contribution in [0.1, 0.15) is 17.5 Å². The second-order valence-corrected chi connectivity index (χ2v) is 3.78. The monoisotopic (exact) mass is 260 g/mol. The zero-order chi connectivity index (χ0) is 13.3. The van der Waals surface area contributed by atoms with Gasteiger partial charge in [0.1, 0.15) is 5.83 Å². The third kappa shape index (κ3) is 2.37. The highest BCUT2D eigenvalue weighted by atomic mass is 19.4. The maximum atomic E-state index is 13.5. The van der Waals surface area contributed by atoms with E-state index in [1.165, 1.54) is 6.07 Å². The molecule has 1 aliphatic rings. The normalized spacial score (nSPS) is 15.3. The Hall–Kier alpha value is -1.85. The zero-order valence-corrected chi connectivity index (χ0v) is 9.05. The summed E-state index contributed by atoms with van der Waals surface area (Å²) in [6, 6.07) is 6.31. The Morgan fingerprint density at radius 2 is 1.83 bits per heavy atom. The molecule has 0 saturated heterocycles. The number of allylic oxidation sites excluding steroid dienone is 1. The molecule has 1 aliphatic carbocycles. The summed E-state index contributed by atoms with van der Waals surface area (Å²) < 4.78 is 53.9. The van der Waals surface area contributed by atoms with E-state index < -0.39 is 23.7 Å². The molecule has 0 bridgehead atoms. The zero-order valence-electron chi connectivity index (χ0n) is 9.05. The van der Waals surface area contributed by atoms with Gasteiger partial charge in [-0.25, -0.2) is 9.18 Å². The molecule has 1 aromatic carbocycles. The first kappa shape index (κ1) is 12.6. The maximum absolute atomic E-state index is 13.5. The molecule has 0 fully saturated rings. The molecule has 0 atom stereocenters. The molecule has 0 aromatic heterocycles. The van der Waals surface area contributed by atoms with Gasteiger partial charge in [-0.2, -0.15) is 13.2 Å². The second kappa shape index (κ2) is 4.44. The number of ether oxygens (including phenoxy) is 1. The van der Waals surface area contributed by atoms with Crippen LogP contribution in [0.2, 0.25) is 0 Å². The van der Waals surface area contributed by atoms with Crippen molar-refractivity contribution in [2.24, 2.45) is 0 Å². The number of hydrogen-bond acceptors (Lipinski definition) is 2. The van der Waals surface area contributed by atoms with E-state index in [1.54, 1.807) is 18.2 Å². The van der Waals surface area contributed by atoms with E-state index in [9.17, 15) is 22.4 Å². The summed E-state index contributed by atoms with van der Waals surface area (Å²) >= 11 is 0. The van der Waals surface area contributed by atoms with Crippen molar-refractivity contribution in [2.75, 3.05) is 0 Å². The molecule has 2 nitrogen and oxygen atoms in total. The van der Waals surface area contributed by atoms with Crippen LogP contribution in [0, 0.1) is 0 Å². The fraction of sp³-hybridized carbons (Fsp3) is 0.250. The van der Waals surface area contributed by atoms with Gasteiger partial charge in [-0.3, -0.25) is 0 Å². The van der Waals surface area contributed by atoms with Gasteiger partial charge in [0, 0.05) is 12.0 Å². The molecule has 96 valence electrons. The quantitative estimate of drug-likeness (QED) is 0.571. The molecule has 0 unspecified atom stereocenters. The summed E-state index contributed by atoms with van der Waals surface area (Å²) in [4.78, 5) is 10.7. The highest BCUT2D eigenvalue weighted by molar-refractivity contribution is 5.83. The standard InChI is InChI=1S/C12H8F4O2/c13-9-6-5-7-3-1-2-4-8(7)10(9)18-11(17)12(14,15)16/h1-4H,5-6H2. The fourth-order valence-electron chi connectivity index (χ4n) is 1.72. The van der Waals surface area contributed by atoms with Crippen LogP contribution in [0.4, 0.5) is 17.6 Å². The molecule has 0 N–H and O–H groups in total. The number of benzene rings is 1. The molecule has 1 aromatic rings. The Morgan fingerprint density at radius 1 is 1.17 bits per heavy atom. The number of halogens is 4. The molecule has 0 aliphatic heterocycles. The van der Waals surface area contributed by atoms with E-state index in [0.717, 1.165) is 0 Å². The minimum absolute atomic E-state index is 0.0719. The van der Waals surface area contributed by atoms with Crippen molar-refractivity contribution >= 4 is 11.7 Å². The predicted molar refractivity (Wildman–Crippen MR) is 54.9 cm³/mol. The van der Waals surface area contributed by atoms with Gasteiger partial charge >= 0.3 is 12.1 Å². The van der Waals surface area contributed by atoms with Crippen molar-refractivity contribution in [3.05, 3.63) is 41.2 Å². The Kier molecular flexibility index (Phi) is 3.11. The lowest BCUT2D eigenvalue weighted by atomic mass is 9.95. The molecule has 2 rings (SSSR count). The van der Waals surface area contributed by atoms with Crippen LogP contribution in [-0.4, -0.2) is 12.1 Å². The fourth-order valence-corrected chi connectivity index (χ4v) is 1.72. The van der Waals surface area contributed by atoms with E-state index in [0.29, 0.717) is 12.0 Å². The van der Waals surface area contributed by atoms with Crippen LogP contribution >= 0.6 is 0 Å². The van der Waals surface area contributed by atoms with Crippen LogP contribution in [0.15, 0.2) is 30.1 Å². The summed E-state index contributed by atoms with van der Waals surface area (Å²) in [5.41, 5.74) is 0.850. The number of fused-ring (bicyclic) bond motifs is 1. The number of esters is 1. The average molecular weight is 260 g/mol. The summed E-state index contributed by atoms with van der Waals surface area (Å²) in [5.74, 6) is -3.88. The Morgan fingerprint density at radius 3 is 2.50 bits per heavy atom. The van der Waals surface area contributed by atoms with Crippen molar-refractivity contribution in [3.63, 3.8) is 0 Å². The van der Waals surface area contributed by atoms with Gasteiger partial charge in [0.25, 0.3) is 0 Å². The highest BCUT2D eigenvalue weighted by Crippen LogP contribution is 2.34. The molecule has 0 saturated carbocycles. The second-order valence-electron chi connectivity index (χ2n) is 3.78. The summed E-state index contributed by atoms with van der Waals surface area (Å²) in [7, 11) is 0. The summed E-state index contributed by atoms with van der Waals surface area (Å²) in [6.07, 6.45) is -4.84. The number of aryl methyl sites for hydroxylation is 1. The average Bonchev–Trinajstić information content (AvgIpc) is 2.31. The van der Waals surface area contributed by atoms with Gasteiger partial charge in [0.05, 0.1) is 0 Å². The Bertz CT molecular complexity index is 517. The molecule has 0 heterocycles. The third-order valence-electron chi connectivity index (χ3n) is 2.55. The van der Waals surface area contributed by atoms with Crippen LogP contribution in [0.3, 0.4) is 0 Å². The number of rotatable bonds is 1. The summed E-state index contributed by atoms with van der Waals surface area (Å²) in [5, 5.41) is 0. The van der Waals surface area contributed by atoms with Gasteiger partial charge in [0.2, 0.25) is 0 Å². The van der Waals surface area contributed by atoms with Crippen molar-refractivity contribution in [3.8, 4) is 0 Å². The minimum Gasteiger partial charge on any atom is -0.416 e. The summed E-state index contributed by atoms with van der Waals surface area (Å²) in [6.45, 7) is 0. The molecule has 18 heavy (non-hydrogen) atoms. The largest absolute Gasteiger partial charge is 0.491 e. The highest BCUT2D eigenvalue weighted by Gasteiger charge is 2.42. The van der Waals surface area contributed by atoms with E-state index in [4.69, 9.17) is 0 Å². The maximum Gasteiger partial charge on any atom is 0.491 e. The van der Waals surface area contributed by atoms with Crippen molar-refractivity contribution in [1.29, 1.82) is 0 Å². The van der Waals surface area contributed by atoms with E-state index in [2.05, 4.69) is 4.74 Å². The number of carbonyl (C=O) groups is 1. The van der Waals surface area contributed by atoms with Crippen molar-refractivity contribution in [1.82, 2.24) is 0 Å². The third-order valence-corrected chi connectivity index (χ3v) is 2.55. The Balaban J connectivity index is 2.34. The molecular formula is C12H8F4O2. The van der Waals surface area contributed by atoms with Gasteiger partial charge in [-0.1, -0.05) is 24.3 Å². The van der Waals surface area contributed by atoms with Crippen LogP contribution in [-0.2, 0) is 16.0 Å². The van der Waals surface area contributed by atoms with Crippen molar-refractivity contribution < 1.29 is 27.1 Å². The lowest BCUT2D eigenvalue weighted by Gasteiger charge is -2.19. The molecule has 0 spiro atoms. The van der Waals surface area contributed by atoms with Crippen LogP contribution < -0.4 is 0 Å². The first-order valence-corrected chi connectivity index (χ1v) is 5.15. The SMILES string of the molecule is O=C(OC1=C(F)CCc2ccccc21)C(F)(F)F. The van der Waals surface area contributed by atoms with Crippen LogP contribution in [0.5, 0.6) is 0 Å². The van der Waals surface area contributed by atoms with Crippen LogP contribution in [0.25, 0.3) is 5.76 Å². The lowest BCUT2D eigenvalue weighted by molar-refractivity contribution is -0.192. The molecule has 0 radical (unpaired) electrons. The van der Waals surface area contributed by atoms with Gasteiger partial charge in [-0.15, -0.1) is 0 Å². The van der Waals surface area contributed by atoms with Crippen molar-refractivity contribution in [2.45, 2.75) is 19.0 Å². The molecule has 6 heteroatoms. The number of hydrogen-bond donors (Lipinski definition) is 0. The van der Waals surface area contributed by atoms with Gasteiger partial charge < -0.3 is 4.74 Å².